The Morgan fingerprint density at radius 1 is 1.33 bits per heavy atom. The molecule has 0 spiro atoms. The van der Waals surface area contributed by atoms with Crippen molar-refractivity contribution in [1.82, 2.24) is 10.6 Å². The molecule has 0 aliphatic carbocycles. The zero-order valence-electron chi connectivity index (χ0n) is 15.3. The molecule has 2 rings (SSSR count). The summed E-state index contributed by atoms with van der Waals surface area (Å²) in [6.45, 7) is 4.06. The first-order valence-electron chi connectivity index (χ1n) is 8.65. The monoisotopic (exact) mass is 409 g/mol. The van der Waals surface area contributed by atoms with E-state index in [2.05, 4.69) is 15.6 Å². The van der Waals surface area contributed by atoms with Crippen LogP contribution in [-0.4, -0.2) is 47.2 Å². The number of thioether (sulfide) groups is 2. The lowest BCUT2D eigenvalue weighted by molar-refractivity contribution is -0.123. The van der Waals surface area contributed by atoms with Crippen LogP contribution in [0.25, 0.3) is 0 Å². The smallest absolute Gasteiger partial charge is 0.338 e. The van der Waals surface area contributed by atoms with Crippen LogP contribution < -0.4 is 10.6 Å². The first-order chi connectivity index (χ1) is 13.0. The van der Waals surface area contributed by atoms with Crippen LogP contribution in [-0.2, 0) is 15.3 Å². The summed E-state index contributed by atoms with van der Waals surface area (Å²) in [6.07, 6.45) is 0.746. The standard InChI is InChI=1S/C18H23N3O4S2/c1-3-12(2)20-17(24)21-15(22)10-25-16(23)14-7-5-4-6-13(14)11-27-18-19-8-9-26-18/h4-7,12H,3,8-11H2,1-2H3,(H2,20,21,22,24)/t12-/m1/s1. The minimum atomic E-state index is -0.673. The molecule has 9 heteroatoms. The molecule has 0 bridgehead atoms. The van der Waals surface area contributed by atoms with Crippen LogP contribution >= 0.6 is 23.5 Å². The number of nitrogens with one attached hydrogen (secondary N) is 2. The molecule has 1 aliphatic rings. The third-order valence-electron chi connectivity index (χ3n) is 3.72. The first-order valence-corrected chi connectivity index (χ1v) is 10.6. The lowest BCUT2D eigenvalue weighted by Gasteiger charge is -2.12. The van der Waals surface area contributed by atoms with Crippen molar-refractivity contribution in [2.24, 2.45) is 4.99 Å². The van der Waals surface area contributed by atoms with Crippen LogP contribution in [0.3, 0.4) is 0 Å². The van der Waals surface area contributed by atoms with Crippen molar-refractivity contribution in [3.63, 3.8) is 0 Å². The maximum atomic E-state index is 12.3. The molecule has 0 saturated heterocycles. The quantitative estimate of drug-likeness (QED) is 0.672. The summed E-state index contributed by atoms with van der Waals surface area (Å²) in [5.41, 5.74) is 1.23. The van der Waals surface area contributed by atoms with E-state index in [9.17, 15) is 14.4 Å². The van der Waals surface area contributed by atoms with Gasteiger partial charge in [0.05, 0.1) is 12.1 Å². The Hall–Kier alpha value is -2.00. The number of hydrogen-bond acceptors (Lipinski definition) is 7. The van der Waals surface area contributed by atoms with Gasteiger partial charge in [-0.05, 0) is 25.0 Å². The molecule has 1 aliphatic heterocycles. The molecule has 1 aromatic rings. The number of carbonyl (C=O) groups excluding carboxylic acids is 3. The molecular weight excluding hydrogens is 386 g/mol. The van der Waals surface area contributed by atoms with E-state index in [4.69, 9.17) is 4.74 Å². The Labute approximate surface area is 167 Å². The Kier molecular flexibility index (Phi) is 8.66. The van der Waals surface area contributed by atoms with E-state index in [1.54, 1.807) is 35.7 Å². The molecule has 7 nitrogen and oxygen atoms in total. The van der Waals surface area contributed by atoms with E-state index in [-0.39, 0.29) is 6.04 Å². The topological polar surface area (TPSA) is 96.9 Å². The van der Waals surface area contributed by atoms with E-state index in [0.29, 0.717) is 11.3 Å². The van der Waals surface area contributed by atoms with Gasteiger partial charge in [-0.25, -0.2) is 9.59 Å². The van der Waals surface area contributed by atoms with Gasteiger partial charge >= 0.3 is 12.0 Å². The maximum absolute atomic E-state index is 12.3. The normalized spacial score (nSPS) is 14.2. The van der Waals surface area contributed by atoms with Crippen LogP contribution in [0, 0.1) is 0 Å². The predicted octanol–water partition coefficient (Wildman–Crippen LogP) is 2.80. The molecule has 2 N–H and O–H groups in total. The van der Waals surface area contributed by atoms with Gasteiger partial charge in [0.25, 0.3) is 5.91 Å². The van der Waals surface area contributed by atoms with E-state index < -0.39 is 24.5 Å². The number of hydrogen-bond donors (Lipinski definition) is 2. The third kappa shape index (κ3) is 7.26. The lowest BCUT2D eigenvalue weighted by atomic mass is 10.1. The first kappa shape index (κ1) is 21.3. The number of carbonyl (C=O) groups is 3. The SMILES string of the molecule is CC[C@@H](C)NC(=O)NC(=O)COC(=O)c1ccccc1CSC1=NCCS1. The van der Waals surface area contributed by atoms with E-state index in [1.807, 2.05) is 26.0 Å². The molecule has 1 heterocycles. The average molecular weight is 410 g/mol. The fourth-order valence-corrected chi connectivity index (χ4v) is 4.13. The maximum Gasteiger partial charge on any atom is 0.338 e. The van der Waals surface area contributed by atoms with Crippen molar-refractivity contribution in [1.29, 1.82) is 0 Å². The zero-order chi connectivity index (χ0) is 19.6. The Bertz CT molecular complexity index is 724. The summed E-state index contributed by atoms with van der Waals surface area (Å²) in [5, 5.41) is 4.75. The predicted molar refractivity (Wildman–Crippen MR) is 109 cm³/mol. The number of imide groups is 1. The van der Waals surface area contributed by atoms with E-state index in [1.165, 1.54) is 0 Å². The average Bonchev–Trinajstić information content (AvgIpc) is 3.18. The zero-order valence-corrected chi connectivity index (χ0v) is 17.0. The van der Waals surface area contributed by atoms with Gasteiger partial charge in [-0.1, -0.05) is 48.6 Å². The van der Waals surface area contributed by atoms with Crippen LogP contribution in [0.15, 0.2) is 29.3 Å². The fourth-order valence-electron chi connectivity index (χ4n) is 2.12. The molecule has 3 amide bonds. The number of urea groups is 1. The van der Waals surface area contributed by atoms with Crippen molar-refractivity contribution < 1.29 is 19.1 Å². The minimum Gasteiger partial charge on any atom is -0.452 e. The summed E-state index contributed by atoms with van der Waals surface area (Å²) >= 11 is 3.29. The van der Waals surface area contributed by atoms with Crippen LogP contribution in [0.5, 0.6) is 0 Å². The number of rotatable bonds is 7. The molecule has 1 atom stereocenters. The number of ether oxygens (including phenoxy) is 1. The highest BCUT2D eigenvalue weighted by molar-refractivity contribution is 8.38. The van der Waals surface area contributed by atoms with Crippen LogP contribution in [0.1, 0.15) is 36.2 Å². The van der Waals surface area contributed by atoms with Crippen molar-refractivity contribution in [2.75, 3.05) is 18.9 Å². The van der Waals surface area contributed by atoms with Gasteiger partial charge in [0.2, 0.25) is 0 Å². The van der Waals surface area contributed by atoms with E-state index in [0.717, 1.165) is 28.7 Å². The Balaban J connectivity index is 1.84. The summed E-state index contributed by atoms with van der Waals surface area (Å²) < 4.78 is 6.08. The Morgan fingerprint density at radius 3 is 2.81 bits per heavy atom. The number of esters is 1. The second kappa shape index (κ2) is 11.0. The Morgan fingerprint density at radius 2 is 2.11 bits per heavy atom. The summed E-state index contributed by atoms with van der Waals surface area (Å²) in [7, 11) is 0. The molecule has 1 aromatic carbocycles. The highest BCUT2D eigenvalue weighted by Gasteiger charge is 2.17. The van der Waals surface area contributed by atoms with Gasteiger partial charge in [0.15, 0.2) is 6.61 Å². The van der Waals surface area contributed by atoms with Gasteiger partial charge in [-0.3, -0.25) is 15.1 Å². The molecule has 0 aromatic heterocycles. The number of nitrogens with zero attached hydrogens (tertiary/aromatic N) is 1. The highest BCUT2D eigenvalue weighted by Crippen LogP contribution is 2.26. The molecule has 0 fully saturated rings. The van der Waals surface area contributed by atoms with Gasteiger partial charge < -0.3 is 10.1 Å². The molecule has 0 radical (unpaired) electrons. The van der Waals surface area contributed by atoms with Gasteiger partial charge in [0, 0.05) is 17.5 Å². The van der Waals surface area contributed by atoms with Crippen LogP contribution in [0.4, 0.5) is 4.79 Å². The molecule has 27 heavy (non-hydrogen) atoms. The van der Waals surface area contributed by atoms with Crippen molar-refractivity contribution in [3.8, 4) is 0 Å². The summed E-state index contributed by atoms with van der Waals surface area (Å²) in [5.74, 6) is 0.323. The molecule has 0 saturated carbocycles. The van der Waals surface area contributed by atoms with Gasteiger partial charge in [-0.2, -0.15) is 0 Å². The highest BCUT2D eigenvalue weighted by atomic mass is 32.2. The number of benzene rings is 1. The molecule has 0 unspecified atom stereocenters. The van der Waals surface area contributed by atoms with Gasteiger partial charge in [-0.15, -0.1) is 0 Å². The summed E-state index contributed by atoms with van der Waals surface area (Å²) in [6, 6.07) is 6.46. The third-order valence-corrected chi connectivity index (χ3v) is 6.02. The second-order valence-corrected chi connectivity index (χ2v) is 8.16. The summed E-state index contributed by atoms with van der Waals surface area (Å²) in [4.78, 5) is 40.1. The fraction of sp³-hybridized carbons (Fsp3) is 0.444. The van der Waals surface area contributed by atoms with Gasteiger partial charge in [0.1, 0.15) is 4.38 Å². The lowest BCUT2D eigenvalue weighted by Crippen LogP contribution is -2.44. The van der Waals surface area contributed by atoms with Crippen molar-refractivity contribution in [2.45, 2.75) is 32.1 Å². The number of amides is 3. The van der Waals surface area contributed by atoms with Crippen molar-refractivity contribution in [3.05, 3.63) is 35.4 Å². The van der Waals surface area contributed by atoms with Crippen LogP contribution in [0.2, 0.25) is 0 Å². The number of aliphatic imine (C=N–C) groups is 1. The van der Waals surface area contributed by atoms with E-state index >= 15 is 0 Å². The second-order valence-electron chi connectivity index (χ2n) is 5.85. The minimum absolute atomic E-state index is 0.0487. The van der Waals surface area contributed by atoms with Crippen molar-refractivity contribution >= 4 is 45.8 Å². The largest absolute Gasteiger partial charge is 0.452 e. The molecular formula is C18H23N3O4S2. The molecule has 146 valence electrons.